The summed E-state index contributed by atoms with van der Waals surface area (Å²) in [5.74, 6) is 1.63. The summed E-state index contributed by atoms with van der Waals surface area (Å²) < 4.78 is 27.8. The van der Waals surface area contributed by atoms with Crippen LogP contribution in [-0.4, -0.2) is 41.9 Å². The molecule has 0 bridgehead atoms. The van der Waals surface area contributed by atoms with Crippen LogP contribution in [0.1, 0.15) is 18.1 Å². The molecule has 0 radical (unpaired) electrons. The minimum Gasteiger partial charge on any atom is -0.392 e. The maximum Gasteiger partial charge on any atom is 0.244 e. The molecule has 2 rings (SSSR count). The minimum atomic E-state index is -3.53. The lowest BCUT2D eigenvalue weighted by atomic mass is 10.1. The second-order valence-electron chi connectivity index (χ2n) is 4.92. The summed E-state index contributed by atoms with van der Waals surface area (Å²) in [6.45, 7) is 4.13. The van der Waals surface area contributed by atoms with Gasteiger partial charge in [-0.05, 0) is 47.0 Å². The molecule has 0 amide bonds. The SMILES string of the molecule is Cc1cc(CO)cc(S(=O)(=O)N2CCSCC2C)c1Br. The average Bonchev–Trinajstić information content (AvgIpc) is 2.41. The molecule has 7 heteroatoms. The molecule has 1 heterocycles. The van der Waals surface area contributed by atoms with Crippen LogP contribution in [-0.2, 0) is 16.6 Å². The van der Waals surface area contributed by atoms with Crippen molar-refractivity contribution in [2.45, 2.75) is 31.4 Å². The van der Waals surface area contributed by atoms with Crippen LogP contribution in [0.4, 0.5) is 0 Å². The molecule has 0 saturated carbocycles. The number of thioether (sulfide) groups is 1. The third kappa shape index (κ3) is 3.06. The van der Waals surface area contributed by atoms with Crippen molar-refractivity contribution in [1.82, 2.24) is 4.31 Å². The summed E-state index contributed by atoms with van der Waals surface area (Å²) in [6.07, 6.45) is 0. The van der Waals surface area contributed by atoms with E-state index in [9.17, 15) is 13.5 Å². The number of aliphatic hydroxyl groups is 1. The van der Waals surface area contributed by atoms with Crippen LogP contribution in [0, 0.1) is 6.92 Å². The highest BCUT2D eigenvalue weighted by atomic mass is 79.9. The summed E-state index contributed by atoms with van der Waals surface area (Å²) in [5.41, 5.74) is 1.43. The molecule has 4 nitrogen and oxygen atoms in total. The van der Waals surface area contributed by atoms with Gasteiger partial charge in [0, 0.05) is 28.6 Å². The molecule has 112 valence electrons. The Balaban J connectivity index is 2.51. The summed E-state index contributed by atoms with van der Waals surface area (Å²) in [7, 11) is -3.53. The highest BCUT2D eigenvalue weighted by Gasteiger charge is 2.33. The first-order chi connectivity index (χ1) is 9.37. The van der Waals surface area contributed by atoms with E-state index in [-0.39, 0.29) is 17.5 Å². The van der Waals surface area contributed by atoms with Crippen molar-refractivity contribution in [2.24, 2.45) is 0 Å². The lowest BCUT2D eigenvalue weighted by Crippen LogP contribution is -2.44. The van der Waals surface area contributed by atoms with Crippen molar-refractivity contribution in [1.29, 1.82) is 0 Å². The van der Waals surface area contributed by atoms with Crippen LogP contribution in [0.15, 0.2) is 21.5 Å². The quantitative estimate of drug-likeness (QED) is 0.875. The summed E-state index contributed by atoms with van der Waals surface area (Å²) in [5, 5.41) is 9.28. The Bertz CT molecular complexity index is 604. The van der Waals surface area contributed by atoms with E-state index in [1.54, 1.807) is 28.2 Å². The zero-order chi connectivity index (χ0) is 14.9. The van der Waals surface area contributed by atoms with Crippen molar-refractivity contribution >= 4 is 37.7 Å². The first kappa shape index (κ1) is 16.3. The molecule has 1 aromatic rings. The van der Waals surface area contributed by atoms with Gasteiger partial charge in [0.05, 0.1) is 11.5 Å². The monoisotopic (exact) mass is 379 g/mol. The van der Waals surface area contributed by atoms with E-state index < -0.39 is 10.0 Å². The number of aryl methyl sites for hydroxylation is 1. The van der Waals surface area contributed by atoms with Crippen LogP contribution >= 0.6 is 27.7 Å². The van der Waals surface area contributed by atoms with Gasteiger partial charge in [-0.3, -0.25) is 0 Å². The lowest BCUT2D eigenvalue weighted by Gasteiger charge is -2.32. The van der Waals surface area contributed by atoms with Gasteiger partial charge in [0.1, 0.15) is 0 Å². The summed E-state index contributed by atoms with van der Waals surface area (Å²) in [6, 6.07) is 3.34. The highest BCUT2D eigenvalue weighted by Crippen LogP contribution is 2.32. The fourth-order valence-corrected chi connectivity index (χ4v) is 6.17. The molecular weight excluding hydrogens is 362 g/mol. The fourth-order valence-electron chi connectivity index (χ4n) is 2.28. The molecule has 1 aliphatic rings. The van der Waals surface area contributed by atoms with E-state index in [1.165, 1.54) is 0 Å². The topological polar surface area (TPSA) is 57.6 Å². The van der Waals surface area contributed by atoms with Crippen molar-refractivity contribution in [3.05, 3.63) is 27.7 Å². The van der Waals surface area contributed by atoms with Crippen molar-refractivity contribution < 1.29 is 13.5 Å². The Kier molecular flexibility index (Phi) is 5.18. The van der Waals surface area contributed by atoms with Gasteiger partial charge in [-0.25, -0.2) is 8.42 Å². The first-order valence-corrected chi connectivity index (χ1v) is 9.76. The Morgan fingerprint density at radius 3 is 2.80 bits per heavy atom. The van der Waals surface area contributed by atoms with E-state index >= 15 is 0 Å². The van der Waals surface area contributed by atoms with Crippen LogP contribution in [0.3, 0.4) is 0 Å². The first-order valence-electron chi connectivity index (χ1n) is 6.37. The Labute approximate surface area is 132 Å². The van der Waals surface area contributed by atoms with Crippen LogP contribution in [0.2, 0.25) is 0 Å². The molecular formula is C13H18BrNO3S2. The van der Waals surface area contributed by atoms with Gasteiger partial charge in [-0.15, -0.1) is 0 Å². The molecule has 1 atom stereocenters. The van der Waals surface area contributed by atoms with Gasteiger partial charge in [0.15, 0.2) is 0 Å². The van der Waals surface area contributed by atoms with Crippen LogP contribution < -0.4 is 0 Å². The third-order valence-corrected chi connectivity index (χ3v) is 7.90. The van der Waals surface area contributed by atoms with Gasteiger partial charge in [-0.1, -0.05) is 6.07 Å². The minimum absolute atomic E-state index is 0.0104. The highest BCUT2D eigenvalue weighted by molar-refractivity contribution is 9.10. The summed E-state index contributed by atoms with van der Waals surface area (Å²) >= 11 is 5.15. The van der Waals surface area contributed by atoms with Crippen molar-refractivity contribution in [2.75, 3.05) is 18.1 Å². The smallest absolute Gasteiger partial charge is 0.244 e. The molecule has 0 aliphatic carbocycles. The molecule has 1 aromatic carbocycles. The molecule has 0 aromatic heterocycles. The summed E-state index contributed by atoms with van der Waals surface area (Å²) in [4.78, 5) is 0.250. The third-order valence-electron chi connectivity index (χ3n) is 3.36. The number of sulfonamides is 1. The molecule has 1 N–H and O–H groups in total. The second kappa shape index (κ2) is 6.36. The number of halogens is 1. The van der Waals surface area contributed by atoms with E-state index in [0.717, 1.165) is 17.1 Å². The Morgan fingerprint density at radius 2 is 2.20 bits per heavy atom. The van der Waals surface area contributed by atoms with E-state index in [4.69, 9.17) is 0 Å². The van der Waals surface area contributed by atoms with Gasteiger partial charge in [0.2, 0.25) is 10.0 Å². The van der Waals surface area contributed by atoms with Crippen molar-refractivity contribution in [3.8, 4) is 0 Å². The molecule has 1 aliphatic heterocycles. The van der Waals surface area contributed by atoms with Crippen LogP contribution in [0.25, 0.3) is 0 Å². The number of benzene rings is 1. The normalized spacial score (nSPS) is 21.1. The largest absolute Gasteiger partial charge is 0.392 e. The fraction of sp³-hybridized carbons (Fsp3) is 0.538. The van der Waals surface area contributed by atoms with Gasteiger partial charge in [0.25, 0.3) is 0 Å². The number of hydrogen-bond acceptors (Lipinski definition) is 4. The average molecular weight is 380 g/mol. The maximum absolute atomic E-state index is 12.8. The van der Waals surface area contributed by atoms with E-state index in [1.807, 2.05) is 13.8 Å². The number of aliphatic hydroxyl groups excluding tert-OH is 1. The molecule has 1 fully saturated rings. The van der Waals surface area contributed by atoms with Gasteiger partial charge in [-0.2, -0.15) is 16.1 Å². The molecule has 1 unspecified atom stereocenters. The van der Waals surface area contributed by atoms with Crippen molar-refractivity contribution in [3.63, 3.8) is 0 Å². The second-order valence-corrected chi connectivity index (χ2v) is 8.72. The predicted octanol–water partition coefficient (Wildman–Crippen LogP) is 2.38. The lowest BCUT2D eigenvalue weighted by molar-refractivity contribution is 0.281. The zero-order valence-electron chi connectivity index (χ0n) is 11.5. The van der Waals surface area contributed by atoms with Crippen LogP contribution in [0.5, 0.6) is 0 Å². The standard InChI is InChI=1S/C13H18BrNO3S2/c1-9-5-11(7-16)6-12(13(9)14)20(17,18)15-3-4-19-8-10(15)2/h5-6,10,16H,3-4,7-8H2,1-2H3. The van der Waals surface area contributed by atoms with Gasteiger partial charge < -0.3 is 5.11 Å². The number of rotatable bonds is 3. The van der Waals surface area contributed by atoms with E-state index in [0.29, 0.717) is 16.6 Å². The van der Waals surface area contributed by atoms with E-state index in [2.05, 4.69) is 15.9 Å². The zero-order valence-corrected chi connectivity index (χ0v) is 14.7. The maximum atomic E-state index is 12.8. The number of nitrogens with zero attached hydrogens (tertiary/aromatic N) is 1. The Morgan fingerprint density at radius 1 is 1.50 bits per heavy atom. The Hall–Kier alpha value is -0.0800. The van der Waals surface area contributed by atoms with Gasteiger partial charge >= 0.3 is 0 Å². The number of hydrogen-bond donors (Lipinski definition) is 1. The molecule has 20 heavy (non-hydrogen) atoms. The molecule has 0 spiro atoms. The predicted molar refractivity (Wildman–Crippen MR) is 85.5 cm³/mol. The molecule has 1 saturated heterocycles.